The first-order valence-electron chi connectivity index (χ1n) is 5.95. The van der Waals surface area contributed by atoms with Gasteiger partial charge < -0.3 is 5.73 Å². The van der Waals surface area contributed by atoms with Crippen LogP contribution in [0.3, 0.4) is 0 Å². The molecule has 2 N–H and O–H groups in total. The molecule has 0 radical (unpaired) electrons. The molecular weight excluding hydrogens is 182 g/mol. The van der Waals surface area contributed by atoms with Crippen LogP contribution in [0.4, 0.5) is 0 Å². The highest BCUT2D eigenvalue weighted by Gasteiger charge is 2.37. The van der Waals surface area contributed by atoms with Gasteiger partial charge in [-0.25, -0.2) is 0 Å². The molecule has 1 aliphatic carbocycles. The maximum atomic E-state index is 6.04. The number of hydrogen-bond acceptors (Lipinski definition) is 1. The molecule has 1 nitrogen and oxygen atoms in total. The Balaban J connectivity index is 2.23. The van der Waals surface area contributed by atoms with Crippen molar-refractivity contribution in [1.82, 2.24) is 0 Å². The zero-order valence-electron chi connectivity index (χ0n) is 9.96. The summed E-state index contributed by atoms with van der Waals surface area (Å²) in [5, 5.41) is 0. The second-order valence-corrected chi connectivity index (χ2v) is 5.00. The fourth-order valence-corrected chi connectivity index (χ4v) is 2.94. The second-order valence-electron chi connectivity index (χ2n) is 5.00. The Morgan fingerprint density at radius 3 is 2.27 bits per heavy atom. The average molecular weight is 203 g/mol. The number of rotatable bonds is 2. The van der Waals surface area contributed by atoms with Crippen LogP contribution in [-0.2, 0) is 0 Å². The van der Waals surface area contributed by atoms with Crippen molar-refractivity contribution in [1.29, 1.82) is 0 Å². The summed E-state index contributed by atoms with van der Waals surface area (Å²) >= 11 is 0. The highest BCUT2D eigenvalue weighted by molar-refractivity contribution is 5.33. The second kappa shape index (κ2) is 3.97. The molecule has 1 aliphatic rings. The third-order valence-electron chi connectivity index (χ3n) is 3.74. The number of nitrogens with two attached hydrogens (primary N) is 1. The van der Waals surface area contributed by atoms with Crippen LogP contribution in [0.1, 0.15) is 42.4 Å². The number of hydrogen-bond donors (Lipinski definition) is 1. The lowest BCUT2D eigenvalue weighted by molar-refractivity contribution is 0.198. The van der Waals surface area contributed by atoms with Crippen molar-refractivity contribution in [2.24, 2.45) is 11.7 Å². The minimum atomic E-state index is 0.431. The highest BCUT2D eigenvalue weighted by Crippen LogP contribution is 2.43. The molecule has 1 aromatic carbocycles. The molecule has 1 aromatic rings. The third kappa shape index (κ3) is 1.93. The predicted molar refractivity (Wildman–Crippen MR) is 65.0 cm³/mol. The smallest absolute Gasteiger partial charge is 0.00788 e. The summed E-state index contributed by atoms with van der Waals surface area (Å²) in [5.41, 5.74) is 10.3. The van der Waals surface area contributed by atoms with E-state index in [2.05, 4.69) is 39.0 Å². The average Bonchev–Trinajstić information content (AvgIpc) is 2.13. The molecule has 0 heterocycles. The summed E-state index contributed by atoms with van der Waals surface area (Å²) in [6.45, 7) is 6.60. The van der Waals surface area contributed by atoms with Gasteiger partial charge in [-0.15, -0.1) is 0 Å². The molecule has 82 valence electrons. The van der Waals surface area contributed by atoms with E-state index in [1.807, 2.05) is 0 Å². The zero-order chi connectivity index (χ0) is 11.0. The first-order chi connectivity index (χ1) is 7.11. The summed E-state index contributed by atoms with van der Waals surface area (Å²) < 4.78 is 0. The monoisotopic (exact) mass is 203 g/mol. The van der Waals surface area contributed by atoms with Crippen molar-refractivity contribution in [3.05, 3.63) is 34.9 Å². The van der Waals surface area contributed by atoms with Gasteiger partial charge in [-0.1, -0.05) is 42.7 Å². The SMILES string of the molecule is CCC1C(N)CC1c1cc(C)cc(C)c1. The van der Waals surface area contributed by atoms with Crippen LogP contribution in [-0.4, -0.2) is 6.04 Å². The summed E-state index contributed by atoms with van der Waals surface area (Å²) in [4.78, 5) is 0. The van der Waals surface area contributed by atoms with Crippen molar-refractivity contribution in [3.63, 3.8) is 0 Å². The minimum absolute atomic E-state index is 0.431. The van der Waals surface area contributed by atoms with Gasteiger partial charge in [0.05, 0.1) is 0 Å². The molecule has 1 saturated carbocycles. The fraction of sp³-hybridized carbons (Fsp3) is 0.571. The van der Waals surface area contributed by atoms with E-state index in [-0.39, 0.29) is 0 Å². The van der Waals surface area contributed by atoms with E-state index in [0.717, 1.165) is 0 Å². The molecule has 3 unspecified atom stereocenters. The molecule has 1 fully saturated rings. The Kier molecular flexibility index (Phi) is 2.83. The van der Waals surface area contributed by atoms with Crippen molar-refractivity contribution in [2.45, 2.75) is 45.6 Å². The Morgan fingerprint density at radius 1 is 1.20 bits per heavy atom. The van der Waals surface area contributed by atoms with Crippen LogP contribution in [0.25, 0.3) is 0 Å². The molecule has 15 heavy (non-hydrogen) atoms. The van der Waals surface area contributed by atoms with Crippen LogP contribution in [0, 0.1) is 19.8 Å². The van der Waals surface area contributed by atoms with Gasteiger partial charge in [-0.3, -0.25) is 0 Å². The van der Waals surface area contributed by atoms with E-state index in [1.165, 1.54) is 29.5 Å². The van der Waals surface area contributed by atoms with Crippen LogP contribution in [0.5, 0.6) is 0 Å². The first kappa shape index (κ1) is 10.7. The largest absolute Gasteiger partial charge is 0.327 e. The van der Waals surface area contributed by atoms with E-state index in [9.17, 15) is 0 Å². The lowest BCUT2D eigenvalue weighted by Gasteiger charge is -2.43. The van der Waals surface area contributed by atoms with Gasteiger partial charge in [0.25, 0.3) is 0 Å². The molecule has 2 rings (SSSR count). The summed E-state index contributed by atoms with van der Waals surface area (Å²) in [7, 11) is 0. The highest BCUT2D eigenvalue weighted by atomic mass is 14.7. The van der Waals surface area contributed by atoms with Gasteiger partial charge in [0.2, 0.25) is 0 Å². The quantitative estimate of drug-likeness (QED) is 0.785. The maximum absolute atomic E-state index is 6.04. The molecule has 0 saturated heterocycles. The molecule has 0 aliphatic heterocycles. The Morgan fingerprint density at radius 2 is 1.80 bits per heavy atom. The molecule has 0 spiro atoms. The van der Waals surface area contributed by atoms with E-state index in [0.29, 0.717) is 17.9 Å². The normalized spacial score (nSPS) is 30.0. The lowest BCUT2D eigenvalue weighted by atomic mass is 9.65. The number of benzene rings is 1. The van der Waals surface area contributed by atoms with Crippen LogP contribution in [0.15, 0.2) is 18.2 Å². The lowest BCUT2D eigenvalue weighted by Crippen LogP contribution is -2.45. The van der Waals surface area contributed by atoms with Crippen molar-refractivity contribution in [2.75, 3.05) is 0 Å². The molecular formula is C14H21N. The summed E-state index contributed by atoms with van der Waals surface area (Å²) in [5.74, 6) is 1.41. The Hall–Kier alpha value is -0.820. The van der Waals surface area contributed by atoms with Crippen LogP contribution < -0.4 is 5.73 Å². The van der Waals surface area contributed by atoms with Crippen LogP contribution >= 0.6 is 0 Å². The van der Waals surface area contributed by atoms with Gasteiger partial charge >= 0.3 is 0 Å². The number of aryl methyl sites for hydroxylation is 2. The van der Waals surface area contributed by atoms with Crippen molar-refractivity contribution < 1.29 is 0 Å². The fourth-order valence-electron chi connectivity index (χ4n) is 2.94. The zero-order valence-corrected chi connectivity index (χ0v) is 9.96. The molecule has 3 atom stereocenters. The van der Waals surface area contributed by atoms with Crippen LogP contribution in [0.2, 0.25) is 0 Å². The van der Waals surface area contributed by atoms with Crippen molar-refractivity contribution in [3.8, 4) is 0 Å². The van der Waals surface area contributed by atoms with Crippen molar-refractivity contribution >= 4 is 0 Å². The van der Waals surface area contributed by atoms with E-state index >= 15 is 0 Å². The predicted octanol–water partition coefficient (Wildman–Crippen LogP) is 3.14. The van der Waals surface area contributed by atoms with Gasteiger partial charge in [0.1, 0.15) is 0 Å². The first-order valence-corrected chi connectivity index (χ1v) is 5.95. The van der Waals surface area contributed by atoms with E-state index in [4.69, 9.17) is 5.73 Å². The van der Waals surface area contributed by atoms with E-state index in [1.54, 1.807) is 0 Å². The Bertz CT molecular complexity index is 336. The maximum Gasteiger partial charge on any atom is 0.00788 e. The van der Waals surface area contributed by atoms with Gasteiger partial charge in [-0.05, 0) is 37.7 Å². The molecule has 0 amide bonds. The molecule has 1 heteroatoms. The van der Waals surface area contributed by atoms with Gasteiger partial charge in [0.15, 0.2) is 0 Å². The molecule has 0 aromatic heterocycles. The van der Waals surface area contributed by atoms with Gasteiger partial charge in [0, 0.05) is 6.04 Å². The summed E-state index contributed by atoms with van der Waals surface area (Å²) in [6, 6.07) is 7.32. The molecule has 0 bridgehead atoms. The van der Waals surface area contributed by atoms with Gasteiger partial charge in [-0.2, -0.15) is 0 Å². The minimum Gasteiger partial charge on any atom is -0.327 e. The topological polar surface area (TPSA) is 26.0 Å². The van der Waals surface area contributed by atoms with E-state index < -0.39 is 0 Å². The summed E-state index contributed by atoms with van der Waals surface area (Å²) in [6.07, 6.45) is 2.38. The standard InChI is InChI=1S/C14H21N/c1-4-12-13(8-14(12)15)11-6-9(2)5-10(3)7-11/h5-7,12-14H,4,8,15H2,1-3H3. The Labute approximate surface area is 92.7 Å². The third-order valence-corrected chi connectivity index (χ3v) is 3.74.